The van der Waals surface area contributed by atoms with Crippen molar-refractivity contribution in [2.75, 3.05) is 0 Å². The number of halogens is 1. The van der Waals surface area contributed by atoms with Gasteiger partial charge in [0.15, 0.2) is 0 Å². The summed E-state index contributed by atoms with van der Waals surface area (Å²) in [5, 5.41) is 9.94. The summed E-state index contributed by atoms with van der Waals surface area (Å²) in [6, 6.07) is 7.84. The van der Waals surface area contributed by atoms with Gasteiger partial charge >= 0.3 is 5.69 Å². The quantitative estimate of drug-likeness (QED) is 0.932. The van der Waals surface area contributed by atoms with E-state index in [1.807, 2.05) is 24.3 Å². The highest BCUT2D eigenvalue weighted by molar-refractivity contribution is 9.10. The SMILES string of the molecule is O=c1n(Cc2ccc(Br)cc2)cc(O)n1CC1CCC1. The molecule has 0 amide bonds. The number of hydrogen-bond acceptors (Lipinski definition) is 2. The Kier molecular flexibility index (Phi) is 3.70. The summed E-state index contributed by atoms with van der Waals surface area (Å²) in [6.07, 6.45) is 5.08. The van der Waals surface area contributed by atoms with E-state index in [-0.39, 0.29) is 11.6 Å². The first kappa shape index (κ1) is 13.5. The lowest BCUT2D eigenvalue weighted by Crippen LogP contribution is -2.29. The summed E-state index contributed by atoms with van der Waals surface area (Å²) in [5.41, 5.74) is 0.911. The number of benzene rings is 1. The molecule has 1 saturated carbocycles. The topological polar surface area (TPSA) is 47.2 Å². The maximum Gasteiger partial charge on any atom is 0.331 e. The molecule has 0 saturated heterocycles. The highest BCUT2D eigenvalue weighted by atomic mass is 79.9. The van der Waals surface area contributed by atoms with Crippen molar-refractivity contribution in [3.05, 3.63) is 51.0 Å². The Morgan fingerprint density at radius 1 is 1.25 bits per heavy atom. The number of aromatic hydroxyl groups is 1. The third-order valence-electron chi connectivity index (χ3n) is 3.96. The molecule has 0 bridgehead atoms. The lowest BCUT2D eigenvalue weighted by atomic mass is 9.85. The monoisotopic (exact) mass is 336 g/mol. The fourth-order valence-electron chi connectivity index (χ4n) is 2.52. The molecular formula is C15H17BrN2O2. The largest absolute Gasteiger partial charge is 0.493 e. The van der Waals surface area contributed by atoms with Crippen LogP contribution in [0.4, 0.5) is 0 Å². The molecule has 0 aliphatic heterocycles. The fourth-order valence-corrected chi connectivity index (χ4v) is 2.79. The predicted molar refractivity (Wildman–Crippen MR) is 80.9 cm³/mol. The van der Waals surface area contributed by atoms with Crippen LogP contribution in [0.25, 0.3) is 0 Å². The zero-order chi connectivity index (χ0) is 14.1. The van der Waals surface area contributed by atoms with E-state index in [1.165, 1.54) is 17.2 Å². The minimum Gasteiger partial charge on any atom is -0.493 e. The lowest BCUT2D eigenvalue weighted by Gasteiger charge is -2.25. The molecule has 1 aromatic carbocycles. The maximum atomic E-state index is 12.3. The van der Waals surface area contributed by atoms with Crippen LogP contribution in [0.2, 0.25) is 0 Å². The molecule has 20 heavy (non-hydrogen) atoms. The van der Waals surface area contributed by atoms with E-state index in [1.54, 1.807) is 4.57 Å². The molecule has 3 rings (SSSR count). The highest BCUT2D eigenvalue weighted by Crippen LogP contribution is 2.28. The molecule has 1 aliphatic rings. The molecule has 1 fully saturated rings. The van der Waals surface area contributed by atoms with E-state index < -0.39 is 0 Å². The van der Waals surface area contributed by atoms with Crippen molar-refractivity contribution in [2.45, 2.75) is 32.4 Å². The standard InChI is InChI=1S/C15H17BrN2O2/c16-13-6-4-12(5-7-13)8-17-10-14(19)18(15(17)20)9-11-2-1-3-11/h4-7,10-11,19H,1-3,8-9H2. The van der Waals surface area contributed by atoms with Crippen molar-refractivity contribution < 1.29 is 5.11 Å². The minimum absolute atomic E-state index is 0.0685. The molecule has 1 aromatic heterocycles. The van der Waals surface area contributed by atoms with Crippen molar-refractivity contribution >= 4 is 15.9 Å². The van der Waals surface area contributed by atoms with Gasteiger partial charge in [0.25, 0.3) is 0 Å². The van der Waals surface area contributed by atoms with Gasteiger partial charge in [-0.1, -0.05) is 34.5 Å². The van der Waals surface area contributed by atoms with Crippen LogP contribution in [-0.2, 0) is 13.1 Å². The van der Waals surface area contributed by atoms with Crippen LogP contribution < -0.4 is 5.69 Å². The first-order valence-electron chi connectivity index (χ1n) is 6.87. The van der Waals surface area contributed by atoms with Crippen molar-refractivity contribution in [2.24, 2.45) is 5.92 Å². The second kappa shape index (κ2) is 5.48. The van der Waals surface area contributed by atoms with Gasteiger partial charge in [-0.3, -0.25) is 9.13 Å². The molecule has 1 heterocycles. The van der Waals surface area contributed by atoms with Crippen molar-refractivity contribution in [3.8, 4) is 5.88 Å². The summed E-state index contributed by atoms with van der Waals surface area (Å²) >= 11 is 3.39. The third kappa shape index (κ3) is 2.68. The Balaban J connectivity index is 1.81. The molecule has 0 unspecified atom stereocenters. The molecule has 5 heteroatoms. The number of nitrogens with zero attached hydrogens (tertiary/aromatic N) is 2. The van der Waals surface area contributed by atoms with E-state index >= 15 is 0 Å². The molecule has 4 nitrogen and oxygen atoms in total. The first-order valence-corrected chi connectivity index (χ1v) is 7.66. The fraction of sp³-hybridized carbons (Fsp3) is 0.400. The summed E-state index contributed by atoms with van der Waals surface area (Å²) < 4.78 is 4.07. The van der Waals surface area contributed by atoms with Crippen LogP contribution in [-0.4, -0.2) is 14.2 Å². The Hall–Kier alpha value is -1.49. The van der Waals surface area contributed by atoms with Crippen molar-refractivity contribution in [1.82, 2.24) is 9.13 Å². The van der Waals surface area contributed by atoms with E-state index in [4.69, 9.17) is 0 Å². The van der Waals surface area contributed by atoms with Gasteiger partial charge < -0.3 is 5.11 Å². The highest BCUT2D eigenvalue weighted by Gasteiger charge is 2.21. The first-order chi connectivity index (χ1) is 9.63. The lowest BCUT2D eigenvalue weighted by molar-refractivity contribution is 0.260. The van der Waals surface area contributed by atoms with Crippen molar-refractivity contribution in [1.29, 1.82) is 0 Å². The van der Waals surface area contributed by atoms with Gasteiger partial charge in [-0.25, -0.2) is 4.79 Å². The normalized spacial score (nSPS) is 15.2. The average Bonchev–Trinajstić information content (AvgIpc) is 2.63. The van der Waals surface area contributed by atoms with Gasteiger partial charge in [0, 0.05) is 11.0 Å². The van der Waals surface area contributed by atoms with Gasteiger partial charge in [0.05, 0.1) is 12.7 Å². The van der Waals surface area contributed by atoms with E-state index in [9.17, 15) is 9.90 Å². The molecule has 2 aromatic rings. The zero-order valence-electron chi connectivity index (χ0n) is 11.1. The third-order valence-corrected chi connectivity index (χ3v) is 4.48. The molecule has 0 radical (unpaired) electrons. The molecular weight excluding hydrogens is 320 g/mol. The Bertz CT molecular complexity index is 654. The second-order valence-corrected chi connectivity index (χ2v) is 6.35. The van der Waals surface area contributed by atoms with Crippen LogP contribution >= 0.6 is 15.9 Å². The number of hydrogen-bond donors (Lipinski definition) is 1. The minimum atomic E-state index is -0.127. The number of imidazole rings is 1. The second-order valence-electron chi connectivity index (χ2n) is 5.43. The van der Waals surface area contributed by atoms with Crippen LogP contribution in [0.5, 0.6) is 5.88 Å². The van der Waals surface area contributed by atoms with E-state index in [0.29, 0.717) is 19.0 Å². The van der Waals surface area contributed by atoms with Crippen LogP contribution in [0.1, 0.15) is 24.8 Å². The van der Waals surface area contributed by atoms with Crippen molar-refractivity contribution in [3.63, 3.8) is 0 Å². The smallest absolute Gasteiger partial charge is 0.331 e. The molecule has 0 atom stereocenters. The van der Waals surface area contributed by atoms with E-state index in [2.05, 4.69) is 15.9 Å². The molecule has 1 N–H and O–H groups in total. The van der Waals surface area contributed by atoms with E-state index in [0.717, 1.165) is 22.9 Å². The summed E-state index contributed by atoms with van der Waals surface area (Å²) in [4.78, 5) is 12.3. The van der Waals surface area contributed by atoms with Gasteiger partial charge in [-0.2, -0.15) is 0 Å². The number of rotatable bonds is 4. The molecule has 1 aliphatic carbocycles. The zero-order valence-corrected chi connectivity index (χ0v) is 12.7. The summed E-state index contributed by atoms with van der Waals surface area (Å²) in [6.45, 7) is 1.12. The Labute approximate surface area is 125 Å². The van der Waals surface area contributed by atoms with Crippen LogP contribution in [0, 0.1) is 5.92 Å². The van der Waals surface area contributed by atoms with Crippen LogP contribution in [0.15, 0.2) is 39.7 Å². The molecule has 0 spiro atoms. The van der Waals surface area contributed by atoms with Gasteiger partial charge in [-0.15, -0.1) is 0 Å². The Morgan fingerprint density at radius 3 is 2.55 bits per heavy atom. The number of aromatic nitrogens is 2. The van der Waals surface area contributed by atoms with Gasteiger partial charge in [0.1, 0.15) is 0 Å². The predicted octanol–water partition coefficient (Wildman–Crippen LogP) is 2.97. The summed E-state index contributed by atoms with van der Waals surface area (Å²) in [5.74, 6) is 0.612. The summed E-state index contributed by atoms with van der Waals surface area (Å²) in [7, 11) is 0. The average molecular weight is 337 g/mol. The van der Waals surface area contributed by atoms with Gasteiger partial charge in [0.2, 0.25) is 5.88 Å². The van der Waals surface area contributed by atoms with Gasteiger partial charge in [-0.05, 0) is 36.5 Å². The molecule has 106 valence electrons. The van der Waals surface area contributed by atoms with Crippen LogP contribution in [0.3, 0.4) is 0 Å². The maximum absolute atomic E-state index is 12.3. The Morgan fingerprint density at radius 2 is 1.95 bits per heavy atom.